The third-order valence-corrected chi connectivity index (χ3v) is 8.46. The standard InChI is InChI=1S/C32H33N3O3/c1-22(36)34-16-13-32(14-17-34)21-35(31(37)26-10-11-28-24(18-26)12-15-33-28)29-19-25(30(38-2)20-27(29)32)9-8-23-6-4-3-5-7-23/h3-7,10-12,15,18-20,33H,8-9,13-14,16-17,21H2,1-2H3. The first-order valence-corrected chi connectivity index (χ1v) is 13.4. The van der Waals surface area contributed by atoms with E-state index in [0.717, 1.165) is 59.2 Å². The van der Waals surface area contributed by atoms with Crippen molar-refractivity contribution in [2.24, 2.45) is 0 Å². The van der Waals surface area contributed by atoms with Crippen molar-refractivity contribution in [1.82, 2.24) is 9.88 Å². The average molecular weight is 508 g/mol. The Morgan fingerprint density at radius 1 is 0.974 bits per heavy atom. The minimum atomic E-state index is -0.194. The Bertz CT molecular complexity index is 1500. The summed E-state index contributed by atoms with van der Waals surface area (Å²) in [5.74, 6) is 0.996. The van der Waals surface area contributed by atoms with Crippen LogP contribution in [0.3, 0.4) is 0 Å². The van der Waals surface area contributed by atoms with Crippen molar-refractivity contribution in [2.75, 3.05) is 31.6 Å². The second-order valence-corrected chi connectivity index (χ2v) is 10.6. The summed E-state index contributed by atoms with van der Waals surface area (Å²) in [7, 11) is 1.72. The molecule has 1 fully saturated rings. The number of aromatic nitrogens is 1. The number of likely N-dealkylation sites (tertiary alicyclic amines) is 1. The average Bonchev–Trinajstić information content (AvgIpc) is 3.54. The number of rotatable bonds is 5. The van der Waals surface area contributed by atoms with Crippen LogP contribution < -0.4 is 9.64 Å². The van der Waals surface area contributed by atoms with Gasteiger partial charge in [-0.1, -0.05) is 30.3 Å². The summed E-state index contributed by atoms with van der Waals surface area (Å²) < 4.78 is 5.90. The predicted octanol–water partition coefficient (Wildman–Crippen LogP) is 5.50. The molecule has 6 heteroatoms. The number of aromatic amines is 1. The van der Waals surface area contributed by atoms with Gasteiger partial charge in [0.2, 0.25) is 5.91 Å². The Hall–Kier alpha value is -4.06. The molecular weight excluding hydrogens is 474 g/mol. The van der Waals surface area contributed by atoms with E-state index in [0.29, 0.717) is 25.2 Å². The monoisotopic (exact) mass is 507 g/mol. The largest absolute Gasteiger partial charge is 0.496 e. The number of amides is 2. The maximum absolute atomic E-state index is 14.0. The van der Waals surface area contributed by atoms with Crippen molar-refractivity contribution >= 4 is 28.4 Å². The van der Waals surface area contributed by atoms with E-state index in [1.165, 1.54) is 5.56 Å². The highest BCUT2D eigenvalue weighted by Gasteiger charge is 2.47. The fourth-order valence-electron chi connectivity index (χ4n) is 6.24. The van der Waals surface area contributed by atoms with Gasteiger partial charge < -0.3 is 19.5 Å². The zero-order valence-corrected chi connectivity index (χ0v) is 22.0. The molecule has 1 saturated heterocycles. The van der Waals surface area contributed by atoms with Crippen LogP contribution in [0.25, 0.3) is 10.9 Å². The Morgan fingerprint density at radius 2 is 1.76 bits per heavy atom. The molecule has 0 saturated carbocycles. The van der Waals surface area contributed by atoms with Crippen molar-refractivity contribution in [3.8, 4) is 5.75 Å². The third kappa shape index (κ3) is 4.24. The molecule has 2 aliphatic heterocycles. The predicted molar refractivity (Wildman–Crippen MR) is 150 cm³/mol. The lowest BCUT2D eigenvalue weighted by Gasteiger charge is -2.39. The van der Waals surface area contributed by atoms with E-state index in [1.54, 1.807) is 14.0 Å². The topological polar surface area (TPSA) is 65.6 Å². The van der Waals surface area contributed by atoms with Crippen LogP contribution in [0.15, 0.2) is 72.9 Å². The molecule has 0 aliphatic carbocycles. The van der Waals surface area contributed by atoms with E-state index in [2.05, 4.69) is 41.4 Å². The lowest BCUT2D eigenvalue weighted by molar-refractivity contribution is -0.130. The van der Waals surface area contributed by atoms with Crippen LogP contribution in [0.4, 0.5) is 5.69 Å². The summed E-state index contributed by atoms with van der Waals surface area (Å²) >= 11 is 0. The quantitative estimate of drug-likeness (QED) is 0.388. The molecule has 2 aliphatic rings. The summed E-state index contributed by atoms with van der Waals surface area (Å²) in [5.41, 5.74) is 6.03. The molecule has 1 N–H and O–H groups in total. The molecule has 6 nitrogen and oxygen atoms in total. The van der Waals surface area contributed by atoms with E-state index in [4.69, 9.17) is 4.74 Å². The number of hydrogen-bond donors (Lipinski definition) is 1. The fourth-order valence-corrected chi connectivity index (χ4v) is 6.24. The van der Waals surface area contributed by atoms with Crippen LogP contribution in [-0.2, 0) is 23.1 Å². The zero-order valence-electron chi connectivity index (χ0n) is 22.0. The maximum atomic E-state index is 14.0. The van der Waals surface area contributed by atoms with Gasteiger partial charge in [0.1, 0.15) is 5.75 Å². The van der Waals surface area contributed by atoms with Crippen LogP contribution >= 0.6 is 0 Å². The van der Waals surface area contributed by atoms with Gasteiger partial charge in [-0.15, -0.1) is 0 Å². The van der Waals surface area contributed by atoms with Crippen molar-refractivity contribution in [3.05, 3.63) is 95.2 Å². The molecule has 1 spiro atoms. The minimum absolute atomic E-state index is 0.0133. The lowest BCUT2D eigenvalue weighted by Crippen LogP contribution is -2.47. The number of carbonyl (C=O) groups excluding carboxylic acids is 2. The Kier molecular flexibility index (Phi) is 6.18. The molecule has 1 aromatic heterocycles. The number of nitrogens with one attached hydrogen (secondary N) is 1. The van der Waals surface area contributed by atoms with Gasteiger partial charge in [-0.3, -0.25) is 9.59 Å². The molecule has 0 unspecified atom stereocenters. The molecule has 194 valence electrons. The van der Waals surface area contributed by atoms with Crippen LogP contribution in [0.1, 0.15) is 46.8 Å². The number of nitrogens with zero attached hydrogens (tertiary/aromatic N) is 2. The van der Waals surface area contributed by atoms with Gasteiger partial charge in [0.05, 0.1) is 7.11 Å². The van der Waals surface area contributed by atoms with E-state index in [9.17, 15) is 9.59 Å². The SMILES string of the molecule is COc1cc2c(cc1CCc1ccccc1)N(C(=O)c1ccc3[nH]ccc3c1)CC21CCN(C(C)=O)CC1. The van der Waals surface area contributed by atoms with Crippen LogP contribution in [0.5, 0.6) is 5.75 Å². The van der Waals surface area contributed by atoms with E-state index < -0.39 is 0 Å². The second-order valence-electron chi connectivity index (χ2n) is 10.6. The Morgan fingerprint density at radius 3 is 2.50 bits per heavy atom. The molecule has 0 bridgehead atoms. The smallest absolute Gasteiger partial charge is 0.258 e. The number of hydrogen-bond acceptors (Lipinski definition) is 3. The summed E-state index contributed by atoms with van der Waals surface area (Å²) in [5, 5.41) is 1.03. The van der Waals surface area contributed by atoms with Gasteiger partial charge in [-0.2, -0.15) is 0 Å². The van der Waals surface area contributed by atoms with E-state index in [1.807, 2.05) is 46.3 Å². The van der Waals surface area contributed by atoms with Crippen molar-refractivity contribution in [2.45, 2.75) is 38.0 Å². The van der Waals surface area contributed by atoms with Crippen LogP contribution in [0.2, 0.25) is 0 Å². The van der Waals surface area contributed by atoms with Gasteiger partial charge in [-0.05, 0) is 78.8 Å². The lowest BCUT2D eigenvalue weighted by atomic mass is 9.74. The highest BCUT2D eigenvalue weighted by Crippen LogP contribution is 2.50. The van der Waals surface area contributed by atoms with Gasteiger partial charge in [-0.25, -0.2) is 0 Å². The number of ether oxygens (including phenoxy) is 1. The first-order valence-electron chi connectivity index (χ1n) is 13.4. The van der Waals surface area contributed by atoms with Crippen LogP contribution in [-0.4, -0.2) is 48.4 Å². The summed E-state index contributed by atoms with van der Waals surface area (Å²) in [6.45, 7) is 3.65. The number of H-pyrrole nitrogens is 1. The van der Waals surface area contributed by atoms with E-state index >= 15 is 0 Å². The van der Waals surface area contributed by atoms with Gasteiger partial charge in [0.15, 0.2) is 0 Å². The molecule has 38 heavy (non-hydrogen) atoms. The van der Waals surface area contributed by atoms with Gasteiger partial charge in [0, 0.05) is 60.3 Å². The number of carbonyl (C=O) groups is 2. The summed E-state index contributed by atoms with van der Waals surface area (Å²) in [6.07, 6.45) is 5.27. The normalized spacial score (nSPS) is 16.2. The fraction of sp³-hybridized carbons (Fsp3) is 0.312. The van der Waals surface area contributed by atoms with Gasteiger partial charge >= 0.3 is 0 Å². The molecular formula is C32H33N3O3. The number of fused-ring (bicyclic) bond motifs is 3. The minimum Gasteiger partial charge on any atom is -0.496 e. The highest BCUT2D eigenvalue weighted by atomic mass is 16.5. The zero-order chi connectivity index (χ0) is 26.3. The van der Waals surface area contributed by atoms with Crippen molar-refractivity contribution in [1.29, 1.82) is 0 Å². The molecule has 6 rings (SSSR count). The number of anilines is 1. The number of aryl methyl sites for hydroxylation is 2. The molecule has 3 heterocycles. The molecule has 2 amide bonds. The number of benzene rings is 3. The second kappa shape index (κ2) is 9.67. The molecule has 0 atom stereocenters. The highest BCUT2D eigenvalue weighted by molar-refractivity contribution is 6.09. The van der Waals surface area contributed by atoms with Crippen LogP contribution in [0, 0.1) is 0 Å². The Labute approximate surface area is 223 Å². The first kappa shape index (κ1) is 24.3. The Balaban J connectivity index is 1.39. The van der Waals surface area contributed by atoms with E-state index in [-0.39, 0.29) is 17.2 Å². The van der Waals surface area contributed by atoms with Crippen molar-refractivity contribution in [3.63, 3.8) is 0 Å². The first-order chi connectivity index (χ1) is 18.5. The third-order valence-electron chi connectivity index (χ3n) is 8.46. The van der Waals surface area contributed by atoms with Gasteiger partial charge in [0.25, 0.3) is 5.91 Å². The summed E-state index contributed by atoms with van der Waals surface area (Å²) in [4.78, 5) is 33.2. The maximum Gasteiger partial charge on any atom is 0.258 e. The van der Waals surface area contributed by atoms with Crippen molar-refractivity contribution < 1.29 is 14.3 Å². The molecule has 4 aromatic rings. The summed E-state index contributed by atoms with van der Waals surface area (Å²) in [6, 6.07) is 22.6. The number of piperidine rings is 1. The number of methoxy groups -OCH3 is 1. The molecule has 0 radical (unpaired) electrons. The molecule has 3 aromatic carbocycles.